The normalized spacial score (nSPS) is 13.2. The van der Waals surface area contributed by atoms with Crippen LogP contribution in [0.1, 0.15) is 0 Å². The van der Waals surface area contributed by atoms with Gasteiger partial charge in [-0.15, -0.1) is 13.2 Å². The van der Waals surface area contributed by atoms with Crippen molar-refractivity contribution in [2.24, 2.45) is 0 Å². The first-order valence-electron chi connectivity index (χ1n) is 6.01. The summed E-state index contributed by atoms with van der Waals surface area (Å²) in [6.45, 7) is 4.25. The van der Waals surface area contributed by atoms with Gasteiger partial charge in [-0.1, -0.05) is 12.2 Å². The van der Waals surface area contributed by atoms with Gasteiger partial charge in [-0.2, -0.15) is 35.1 Å². The molecule has 0 bridgehead atoms. The van der Waals surface area contributed by atoms with Crippen LogP contribution in [0.25, 0.3) is 0 Å². The molecule has 0 radical (unpaired) electrons. The Morgan fingerprint density at radius 2 is 0.958 bits per heavy atom. The van der Waals surface area contributed by atoms with Gasteiger partial charge in [-0.05, 0) is 0 Å². The van der Waals surface area contributed by atoms with E-state index in [2.05, 4.69) is 13.2 Å². The van der Waals surface area contributed by atoms with Crippen molar-refractivity contribution in [2.45, 2.75) is 23.7 Å². The summed E-state index contributed by atoms with van der Waals surface area (Å²) in [4.78, 5) is 21.8. The number of halogens is 8. The first-order valence-corrected chi connectivity index (χ1v) is 6.01. The van der Waals surface area contributed by atoms with Crippen LogP contribution in [-0.4, -0.2) is 48.6 Å². The van der Waals surface area contributed by atoms with Crippen LogP contribution in [-0.2, 0) is 9.59 Å². The number of rotatable bonds is 9. The highest BCUT2D eigenvalue weighted by atomic mass is 19.4. The maximum absolute atomic E-state index is 13.4. The van der Waals surface area contributed by atoms with Crippen molar-refractivity contribution >= 4 is 11.8 Å². The predicted molar refractivity (Wildman–Crippen MR) is 66.2 cm³/mol. The minimum atomic E-state index is -6.87. The molecule has 0 aliphatic rings. The third kappa shape index (κ3) is 3.51. The van der Waals surface area contributed by atoms with Gasteiger partial charge >= 0.3 is 23.7 Å². The van der Waals surface area contributed by atoms with Crippen molar-refractivity contribution in [3.63, 3.8) is 0 Å². The highest BCUT2D eigenvalue weighted by molar-refractivity contribution is 5.87. The van der Waals surface area contributed by atoms with E-state index in [0.717, 1.165) is 22.8 Å². The number of carbonyl (C=O) groups is 2. The summed E-state index contributed by atoms with van der Waals surface area (Å²) in [5.41, 5.74) is 0. The van der Waals surface area contributed by atoms with Gasteiger partial charge in [0.05, 0.1) is 0 Å². The van der Waals surface area contributed by atoms with Crippen LogP contribution in [0.2, 0.25) is 0 Å². The number of nitrogens with one attached hydrogen (secondary N) is 2. The molecule has 24 heavy (non-hydrogen) atoms. The van der Waals surface area contributed by atoms with Gasteiger partial charge in [0.1, 0.15) is 0 Å². The summed E-state index contributed by atoms with van der Waals surface area (Å²) in [5.74, 6) is -32.1. The van der Waals surface area contributed by atoms with E-state index in [1.54, 1.807) is 0 Å². The standard InChI is InChI=1S/C12H12F8N2O2/c1-3-5-21-7(23)9(13,14)11(17,18)12(19,20)10(15,16)8(24)22-6-4-2/h3-4H,1-2,5-6H2,(H,21,23)(H,22,24). The lowest BCUT2D eigenvalue weighted by Gasteiger charge is -2.35. The van der Waals surface area contributed by atoms with Crippen molar-refractivity contribution < 1.29 is 44.7 Å². The number of carbonyl (C=O) groups excluding carboxylic acids is 2. The van der Waals surface area contributed by atoms with Gasteiger partial charge in [0.2, 0.25) is 0 Å². The fraction of sp³-hybridized carbons (Fsp3) is 0.500. The van der Waals surface area contributed by atoms with Gasteiger partial charge in [0.25, 0.3) is 11.8 Å². The second-order valence-corrected chi connectivity index (χ2v) is 4.29. The van der Waals surface area contributed by atoms with E-state index in [-0.39, 0.29) is 0 Å². The molecular formula is C12H12F8N2O2. The minimum Gasteiger partial charge on any atom is -0.347 e. The van der Waals surface area contributed by atoms with E-state index in [1.165, 1.54) is 0 Å². The predicted octanol–water partition coefficient (Wildman–Crippen LogP) is 2.13. The SMILES string of the molecule is C=CCNC(=O)C(F)(F)C(F)(F)C(F)(F)C(F)(F)C(=O)NCC=C. The second kappa shape index (κ2) is 7.18. The lowest BCUT2D eigenvalue weighted by atomic mass is 9.97. The molecule has 0 saturated heterocycles. The van der Waals surface area contributed by atoms with Gasteiger partial charge in [-0.25, -0.2) is 0 Å². The van der Waals surface area contributed by atoms with Gasteiger partial charge in [0, 0.05) is 13.1 Å². The molecule has 0 aromatic rings. The van der Waals surface area contributed by atoms with E-state index in [4.69, 9.17) is 0 Å². The van der Waals surface area contributed by atoms with Crippen LogP contribution in [0.15, 0.2) is 25.3 Å². The Balaban J connectivity index is 5.78. The van der Waals surface area contributed by atoms with Crippen LogP contribution < -0.4 is 10.6 Å². The van der Waals surface area contributed by atoms with Crippen LogP contribution in [0, 0.1) is 0 Å². The summed E-state index contributed by atoms with van der Waals surface area (Å²) >= 11 is 0. The Morgan fingerprint density at radius 1 is 0.708 bits per heavy atom. The van der Waals surface area contributed by atoms with Gasteiger partial charge in [0.15, 0.2) is 0 Å². The number of amides is 2. The second-order valence-electron chi connectivity index (χ2n) is 4.29. The van der Waals surface area contributed by atoms with Crippen LogP contribution in [0.5, 0.6) is 0 Å². The van der Waals surface area contributed by atoms with Crippen molar-refractivity contribution in [3.05, 3.63) is 25.3 Å². The summed E-state index contributed by atoms with van der Waals surface area (Å²) in [6, 6.07) is 0. The Morgan fingerprint density at radius 3 is 1.17 bits per heavy atom. The molecule has 0 aromatic heterocycles. The molecule has 0 aliphatic heterocycles. The third-order valence-electron chi connectivity index (χ3n) is 2.57. The van der Waals surface area contributed by atoms with Crippen LogP contribution >= 0.6 is 0 Å². The summed E-state index contributed by atoms with van der Waals surface area (Å²) < 4.78 is 107. The average molecular weight is 368 g/mol. The molecule has 12 heteroatoms. The van der Waals surface area contributed by atoms with E-state index < -0.39 is 48.6 Å². The maximum Gasteiger partial charge on any atom is 0.392 e. The largest absolute Gasteiger partial charge is 0.392 e. The van der Waals surface area contributed by atoms with Crippen molar-refractivity contribution in [3.8, 4) is 0 Å². The molecule has 0 fully saturated rings. The third-order valence-corrected chi connectivity index (χ3v) is 2.57. The molecule has 0 unspecified atom stereocenters. The fourth-order valence-electron chi connectivity index (χ4n) is 1.23. The van der Waals surface area contributed by atoms with Crippen LogP contribution in [0.4, 0.5) is 35.1 Å². The molecular weight excluding hydrogens is 356 g/mol. The van der Waals surface area contributed by atoms with Crippen molar-refractivity contribution in [2.75, 3.05) is 13.1 Å². The zero-order valence-corrected chi connectivity index (χ0v) is 11.8. The summed E-state index contributed by atoms with van der Waals surface area (Å²) in [5, 5.41) is 2.17. The van der Waals surface area contributed by atoms with Gasteiger partial charge < -0.3 is 10.6 Å². The molecule has 0 aromatic carbocycles. The molecule has 2 N–H and O–H groups in total. The lowest BCUT2D eigenvalue weighted by Crippen LogP contribution is -2.69. The smallest absolute Gasteiger partial charge is 0.347 e. The highest BCUT2D eigenvalue weighted by Crippen LogP contribution is 2.52. The Kier molecular flexibility index (Phi) is 6.54. The molecule has 0 atom stereocenters. The van der Waals surface area contributed by atoms with Gasteiger partial charge in [-0.3, -0.25) is 9.59 Å². The number of hydrogen-bond acceptors (Lipinski definition) is 2. The first-order chi connectivity index (χ1) is 10.7. The number of hydrogen-bond donors (Lipinski definition) is 2. The Labute approximate surface area is 130 Å². The molecule has 0 aliphatic carbocycles. The zero-order chi connectivity index (χ0) is 19.4. The van der Waals surface area contributed by atoms with E-state index in [9.17, 15) is 44.7 Å². The molecule has 2 amide bonds. The quantitative estimate of drug-likeness (QED) is 0.484. The van der Waals surface area contributed by atoms with Crippen molar-refractivity contribution in [1.82, 2.24) is 10.6 Å². The minimum absolute atomic E-state index is 0.752. The maximum atomic E-state index is 13.4. The topological polar surface area (TPSA) is 58.2 Å². The average Bonchev–Trinajstić information content (AvgIpc) is 2.49. The molecule has 0 saturated carbocycles. The Bertz CT molecular complexity index is 473. The van der Waals surface area contributed by atoms with E-state index in [0.29, 0.717) is 0 Å². The fourth-order valence-corrected chi connectivity index (χ4v) is 1.23. The van der Waals surface area contributed by atoms with Crippen molar-refractivity contribution in [1.29, 1.82) is 0 Å². The number of alkyl halides is 8. The zero-order valence-electron chi connectivity index (χ0n) is 11.8. The molecule has 4 nitrogen and oxygen atoms in total. The van der Waals surface area contributed by atoms with Crippen LogP contribution in [0.3, 0.4) is 0 Å². The lowest BCUT2D eigenvalue weighted by molar-refractivity contribution is -0.347. The monoisotopic (exact) mass is 368 g/mol. The van der Waals surface area contributed by atoms with E-state index >= 15 is 0 Å². The summed E-state index contributed by atoms with van der Waals surface area (Å²) in [7, 11) is 0. The van der Waals surface area contributed by atoms with E-state index in [1.807, 2.05) is 0 Å². The molecule has 138 valence electrons. The first kappa shape index (κ1) is 21.9. The molecule has 0 spiro atoms. The highest BCUT2D eigenvalue weighted by Gasteiger charge is 2.84. The Hall–Kier alpha value is -2.14. The summed E-state index contributed by atoms with van der Waals surface area (Å²) in [6.07, 6.45) is 1.50. The molecule has 0 rings (SSSR count). The molecule has 0 heterocycles.